The van der Waals surface area contributed by atoms with Crippen LogP contribution in [0.4, 0.5) is 0 Å². The average Bonchev–Trinajstić information content (AvgIpc) is 3.34. The number of rotatable bonds is 5. The Labute approximate surface area is 166 Å². The van der Waals surface area contributed by atoms with Crippen molar-refractivity contribution in [2.75, 3.05) is 13.4 Å². The molecule has 1 aromatic carbocycles. The Bertz CT molecular complexity index is 853. The smallest absolute Gasteiger partial charge is 0.247 e. The SMILES string of the molecule is C=CCOc1cc2c(cc1O)C=C(C(=O)N[C@@H]1[C@H](O)[C@@H](O)[C@H]3OCO[C@H]3[C@@H]1O)C2. The third-order valence-electron chi connectivity index (χ3n) is 5.48. The molecule has 0 bridgehead atoms. The van der Waals surface area contributed by atoms with Crippen molar-refractivity contribution in [3.63, 3.8) is 0 Å². The summed E-state index contributed by atoms with van der Waals surface area (Å²) in [4.78, 5) is 12.8. The molecule has 4 rings (SSSR count). The van der Waals surface area contributed by atoms with Gasteiger partial charge in [0.1, 0.15) is 43.9 Å². The van der Waals surface area contributed by atoms with Crippen LogP contribution in [0, 0.1) is 0 Å². The van der Waals surface area contributed by atoms with Crippen molar-refractivity contribution in [3.8, 4) is 11.5 Å². The second-order valence-corrected chi connectivity index (χ2v) is 7.32. The van der Waals surface area contributed by atoms with Crippen LogP contribution in [0.5, 0.6) is 11.5 Å². The lowest BCUT2D eigenvalue weighted by Gasteiger charge is -2.41. The molecule has 2 aliphatic carbocycles. The van der Waals surface area contributed by atoms with Crippen molar-refractivity contribution in [1.29, 1.82) is 0 Å². The molecule has 1 aromatic rings. The molecule has 0 radical (unpaired) electrons. The number of carbonyl (C=O) groups is 1. The number of hydrogen-bond acceptors (Lipinski definition) is 8. The van der Waals surface area contributed by atoms with Crippen LogP contribution in [0.15, 0.2) is 30.4 Å². The molecule has 3 aliphatic rings. The second kappa shape index (κ2) is 7.77. The average molecular weight is 405 g/mol. The van der Waals surface area contributed by atoms with Gasteiger partial charge in [-0.25, -0.2) is 0 Å². The van der Waals surface area contributed by atoms with Gasteiger partial charge in [-0.05, 0) is 29.3 Å². The van der Waals surface area contributed by atoms with E-state index in [-0.39, 0.29) is 19.1 Å². The highest BCUT2D eigenvalue weighted by molar-refractivity contribution is 6.00. The van der Waals surface area contributed by atoms with Gasteiger partial charge in [0.05, 0.1) is 6.04 Å². The lowest BCUT2D eigenvalue weighted by atomic mass is 9.83. The molecule has 1 saturated carbocycles. The first-order valence-electron chi connectivity index (χ1n) is 9.29. The molecule has 1 aliphatic heterocycles. The summed E-state index contributed by atoms with van der Waals surface area (Å²) in [5.74, 6) is -0.250. The number of carbonyl (C=O) groups excluding carboxylic acids is 1. The Morgan fingerprint density at radius 2 is 1.93 bits per heavy atom. The Kier molecular flexibility index (Phi) is 5.32. The van der Waals surface area contributed by atoms with Gasteiger partial charge in [0, 0.05) is 12.0 Å². The normalized spacial score (nSPS) is 32.9. The molecule has 1 amide bonds. The number of nitrogens with one attached hydrogen (secondary N) is 1. The van der Waals surface area contributed by atoms with E-state index in [1.807, 2.05) is 0 Å². The molecule has 0 unspecified atom stereocenters. The molecule has 6 atom stereocenters. The van der Waals surface area contributed by atoms with Gasteiger partial charge in [0.2, 0.25) is 5.91 Å². The Morgan fingerprint density at radius 3 is 2.66 bits per heavy atom. The minimum atomic E-state index is -1.41. The van der Waals surface area contributed by atoms with Crippen LogP contribution in [-0.4, -0.2) is 76.3 Å². The zero-order chi connectivity index (χ0) is 20.7. The fourth-order valence-electron chi connectivity index (χ4n) is 3.97. The van der Waals surface area contributed by atoms with E-state index in [1.165, 1.54) is 6.07 Å². The zero-order valence-corrected chi connectivity index (χ0v) is 15.5. The van der Waals surface area contributed by atoms with E-state index in [1.54, 1.807) is 18.2 Å². The number of phenolic OH excluding ortho intramolecular Hbond substituents is 1. The monoisotopic (exact) mass is 405 g/mol. The molecule has 0 aromatic heterocycles. The number of benzene rings is 1. The molecule has 9 nitrogen and oxygen atoms in total. The first-order chi connectivity index (χ1) is 13.9. The number of aromatic hydroxyl groups is 1. The van der Waals surface area contributed by atoms with Gasteiger partial charge in [0.15, 0.2) is 11.5 Å². The first-order valence-corrected chi connectivity index (χ1v) is 9.29. The molecule has 0 spiro atoms. The Balaban J connectivity index is 1.47. The molecule has 2 fully saturated rings. The van der Waals surface area contributed by atoms with Crippen LogP contribution in [-0.2, 0) is 20.7 Å². The highest BCUT2D eigenvalue weighted by Crippen LogP contribution is 2.36. The van der Waals surface area contributed by atoms with Crippen molar-refractivity contribution in [2.45, 2.75) is 43.0 Å². The molecule has 29 heavy (non-hydrogen) atoms. The van der Waals surface area contributed by atoms with Gasteiger partial charge in [-0.3, -0.25) is 4.79 Å². The Morgan fingerprint density at radius 1 is 1.21 bits per heavy atom. The van der Waals surface area contributed by atoms with E-state index < -0.39 is 42.5 Å². The van der Waals surface area contributed by atoms with E-state index in [9.17, 15) is 25.2 Å². The number of aliphatic hydroxyl groups excluding tert-OH is 3. The summed E-state index contributed by atoms with van der Waals surface area (Å²) >= 11 is 0. The fourth-order valence-corrected chi connectivity index (χ4v) is 3.97. The zero-order valence-electron chi connectivity index (χ0n) is 15.5. The fraction of sp³-hybridized carbons (Fsp3) is 0.450. The number of phenols is 1. The van der Waals surface area contributed by atoms with Crippen LogP contribution < -0.4 is 10.1 Å². The number of amides is 1. The van der Waals surface area contributed by atoms with Gasteiger partial charge < -0.3 is 40.0 Å². The maximum atomic E-state index is 12.8. The van der Waals surface area contributed by atoms with Crippen LogP contribution in [0.1, 0.15) is 11.1 Å². The largest absolute Gasteiger partial charge is 0.504 e. The molecule has 9 heteroatoms. The maximum absolute atomic E-state index is 12.8. The van der Waals surface area contributed by atoms with Crippen molar-refractivity contribution >= 4 is 12.0 Å². The van der Waals surface area contributed by atoms with Crippen molar-refractivity contribution in [3.05, 3.63) is 41.5 Å². The highest BCUT2D eigenvalue weighted by atomic mass is 16.7. The summed E-state index contributed by atoms with van der Waals surface area (Å²) in [5.41, 5.74) is 1.86. The first kappa shape index (κ1) is 19.9. The molecule has 1 saturated heterocycles. The molecule has 5 N–H and O–H groups in total. The van der Waals surface area contributed by atoms with Crippen LogP contribution in [0.25, 0.3) is 6.08 Å². The molecule has 1 heterocycles. The summed E-state index contributed by atoms with van der Waals surface area (Å²) in [6, 6.07) is 2.05. The van der Waals surface area contributed by atoms with E-state index in [4.69, 9.17) is 14.2 Å². The van der Waals surface area contributed by atoms with Gasteiger partial charge in [-0.15, -0.1) is 0 Å². The molecular weight excluding hydrogens is 382 g/mol. The predicted molar refractivity (Wildman–Crippen MR) is 100 cm³/mol. The van der Waals surface area contributed by atoms with Gasteiger partial charge in [0.25, 0.3) is 0 Å². The number of hydrogen-bond donors (Lipinski definition) is 5. The second-order valence-electron chi connectivity index (χ2n) is 7.32. The third-order valence-corrected chi connectivity index (χ3v) is 5.48. The summed E-state index contributed by atoms with van der Waals surface area (Å²) in [6.07, 6.45) is -2.16. The van der Waals surface area contributed by atoms with E-state index in [0.717, 1.165) is 5.56 Å². The number of ether oxygens (including phenoxy) is 3. The van der Waals surface area contributed by atoms with Gasteiger partial charge in [-0.2, -0.15) is 0 Å². The standard InChI is InChI=1S/C20H23NO8/c1-2-3-27-13-7-10-5-11(4-9(10)6-12(13)22)20(26)21-14-15(23)17(25)19-18(16(14)24)28-8-29-19/h2,4,6-7,14-19,22-25H,1,3,5,8H2,(H,21,26)/t14-,15+,16-,17-,18+,19-/m1/s1. The van der Waals surface area contributed by atoms with Crippen LogP contribution >= 0.6 is 0 Å². The summed E-state index contributed by atoms with van der Waals surface area (Å²) < 4.78 is 15.9. The minimum absolute atomic E-state index is 0.0471. The number of fused-ring (bicyclic) bond motifs is 2. The van der Waals surface area contributed by atoms with Crippen LogP contribution in [0.3, 0.4) is 0 Å². The molecular formula is C20H23NO8. The Hall–Kier alpha value is -2.43. The summed E-state index contributed by atoms with van der Waals surface area (Å²) in [7, 11) is 0. The van der Waals surface area contributed by atoms with Crippen molar-refractivity contribution in [1.82, 2.24) is 5.32 Å². The topological polar surface area (TPSA) is 138 Å². The molecule has 156 valence electrons. The van der Waals surface area contributed by atoms with E-state index in [2.05, 4.69) is 11.9 Å². The lowest BCUT2D eigenvalue weighted by molar-refractivity contribution is -0.155. The lowest BCUT2D eigenvalue weighted by Crippen LogP contribution is -2.67. The summed E-state index contributed by atoms with van der Waals surface area (Å²) in [5, 5.41) is 43.7. The van der Waals surface area contributed by atoms with E-state index >= 15 is 0 Å². The predicted octanol–water partition coefficient (Wildman–Crippen LogP) is -0.781. The highest BCUT2D eigenvalue weighted by Gasteiger charge is 2.53. The maximum Gasteiger partial charge on any atom is 0.247 e. The number of aliphatic hydroxyl groups is 3. The van der Waals surface area contributed by atoms with Crippen molar-refractivity contribution < 1.29 is 39.4 Å². The minimum Gasteiger partial charge on any atom is -0.504 e. The van der Waals surface area contributed by atoms with Gasteiger partial charge in [-0.1, -0.05) is 12.7 Å². The van der Waals surface area contributed by atoms with Crippen LogP contribution in [0.2, 0.25) is 0 Å². The quantitative estimate of drug-likeness (QED) is 0.402. The van der Waals surface area contributed by atoms with Crippen molar-refractivity contribution in [2.24, 2.45) is 0 Å². The third kappa shape index (κ3) is 3.52. The van der Waals surface area contributed by atoms with Gasteiger partial charge >= 0.3 is 0 Å². The van der Waals surface area contributed by atoms with E-state index in [0.29, 0.717) is 23.3 Å². The summed E-state index contributed by atoms with van der Waals surface area (Å²) in [6.45, 7) is 3.70.